The van der Waals surface area contributed by atoms with Gasteiger partial charge in [0.25, 0.3) is 10.0 Å². The molecule has 0 atom stereocenters. The first-order chi connectivity index (χ1) is 14.9. The monoisotopic (exact) mass is 467 g/mol. The maximum Gasteiger partial charge on any atom is 0.416 e. The molecule has 0 aliphatic heterocycles. The van der Waals surface area contributed by atoms with Crippen molar-refractivity contribution in [3.63, 3.8) is 0 Å². The summed E-state index contributed by atoms with van der Waals surface area (Å²) in [6.45, 7) is 1.65. The van der Waals surface area contributed by atoms with Gasteiger partial charge in [-0.3, -0.25) is 4.72 Å². The predicted octanol–water partition coefficient (Wildman–Crippen LogP) is 5.57. The van der Waals surface area contributed by atoms with E-state index in [1.54, 1.807) is 6.92 Å². The molecular formula is C22H17F4NO4S. The molecule has 2 N–H and O–H groups in total. The molecule has 0 saturated carbocycles. The molecule has 0 unspecified atom stereocenters. The molecule has 0 amide bonds. The fourth-order valence-electron chi connectivity index (χ4n) is 3.14. The van der Waals surface area contributed by atoms with Crippen LogP contribution in [0.15, 0.2) is 65.6 Å². The summed E-state index contributed by atoms with van der Waals surface area (Å²) >= 11 is 0. The third kappa shape index (κ3) is 4.91. The van der Waals surface area contributed by atoms with Crippen molar-refractivity contribution in [1.82, 2.24) is 0 Å². The molecule has 0 radical (unpaired) electrons. The molecule has 3 rings (SSSR count). The Bertz CT molecular complexity index is 1290. The van der Waals surface area contributed by atoms with Gasteiger partial charge in [0.1, 0.15) is 5.82 Å². The first-order valence-corrected chi connectivity index (χ1v) is 10.8. The second-order valence-corrected chi connectivity index (χ2v) is 8.51. The van der Waals surface area contributed by atoms with Crippen molar-refractivity contribution in [3.05, 3.63) is 83.2 Å². The highest BCUT2D eigenvalue weighted by molar-refractivity contribution is 7.92. The number of hydrogen-bond acceptors (Lipinski definition) is 3. The lowest BCUT2D eigenvalue weighted by Crippen LogP contribution is -2.17. The molecule has 0 aliphatic carbocycles. The van der Waals surface area contributed by atoms with Crippen molar-refractivity contribution in [3.8, 4) is 11.1 Å². The quantitative estimate of drug-likeness (QED) is 0.464. The molecule has 0 aromatic heterocycles. The van der Waals surface area contributed by atoms with Gasteiger partial charge in [-0.05, 0) is 53.9 Å². The summed E-state index contributed by atoms with van der Waals surface area (Å²) in [5.41, 5.74) is -1.36. The average molecular weight is 467 g/mol. The number of benzene rings is 3. The molecule has 32 heavy (non-hydrogen) atoms. The first kappa shape index (κ1) is 23.3. The zero-order chi connectivity index (χ0) is 23.7. The third-order valence-electron chi connectivity index (χ3n) is 4.71. The molecule has 3 aromatic carbocycles. The van der Waals surface area contributed by atoms with E-state index in [9.17, 15) is 35.9 Å². The predicted molar refractivity (Wildman–Crippen MR) is 110 cm³/mol. The summed E-state index contributed by atoms with van der Waals surface area (Å²) in [5, 5.41) is 9.20. The number of hydrogen-bond donors (Lipinski definition) is 2. The minimum absolute atomic E-state index is 0.0218. The zero-order valence-electron chi connectivity index (χ0n) is 16.6. The lowest BCUT2D eigenvalue weighted by atomic mass is 10.0. The second kappa shape index (κ2) is 8.62. The fourth-order valence-corrected chi connectivity index (χ4v) is 4.55. The number of nitrogens with one attached hydrogen (secondary N) is 1. The number of rotatable bonds is 6. The van der Waals surface area contributed by atoms with E-state index < -0.39 is 39.2 Å². The Morgan fingerprint density at radius 1 is 1.03 bits per heavy atom. The molecule has 168 valence electrons. The summed E-state index contributed by atoms with van der Waals surface area (Å²) < 4.78 is 81.9. The van der Waals surface area contributed by atoms with E-state index in [2.05, 4.69) is 4.72 Å². The number of carbonyl (C=O) groups is 1. The molecule has 0 saturated heterocycles. The van der Waals surface area contributed by atoms with Crippen molar-refractivity contribution in [1.29, 1.82) is 0 Å². The number of aromatic carboxylic acids is 1. The normalized spacial score (nSPS) is 11.9. The van der Waals surface area contributed by atoms with E-state index in [-0.39, 0.29) is 33.6 Å². The Hall–Kier alpha value is -3.40. The van der Waals surface area contributed by atoms with Crippen molar-refractivity contribution < 1.29 is 35.9 Å². The molecule has 10 heteroatoms. The number of carboxylic acids is 1. The summed E-state index contributed by atoms with van der Waals surface area (Å²) in [6, 6.07) is 10.9. The summed E-state index contributed by atoms with van der Waals surface area (Å²) in [6.07, 6.45) is -4.52. The topological polar surface area (TPSA) is 83.5 Å². The molecule has 0 fully saturated rings. The number of sulfonamides is 1. The van der Waals surface area contributed by atoms with Crippen molar-refractivity contribution >= 4 is 21.7 Å². The van der Waals surface area contributed by atoms with Crippen LogP contribution in [0.1, 0.15) is 28.4 Å². The highest BCUT2D eigenvalue weighted by atomic mass is 32.2. The average Bonchev–Trinajstić information content (AvgIpc) is 2.72. The SMILES string of the molecule is CCc1ccc(C(=O)O)cc1S(=O)(=O)Nc1cc(C(F)(F)F)ccc1-c1cccc(F)c1. The number of aryl methyl sites for hydroxylation is 1. The summed E-state index contributed by atoms with van der Waals surface area (Å²) in [4.78, 5) is 10.9. The van der Waals surface area contributed by atoms with Crippen LogP contribution in [0, 0.1) is 5.82 Å². The number of carboxylic acid groups (broad SMARTS) is 1. The van der Waals surface area contributed by atoms with Crippen LogP contribution in [-0.4, -0.2) is 19.5 Å². The van der Waals surface area contributed by atoms with Crippen LogP contribution in [0.25, 0.3) is 11.1 Å². The van der Waals surface area contributed by atoms with Crippen LogP contribution in [0.5, 0.6) is 0 Å². The molecule has 5 nitrogen and oxygen atoms in total. The largest absolute Gasteiger partial charge is 0.478 e. The standard InChI is InChI=1S/C22H17F4NO4S/c1-2-13-6-7-15(21(28)29)11-20(13)32(30,31)27-19-12-16(22(24,25)26)8-9-18(19)14-4-3-5-17(23)10-14/h3-12,27H,2H2,1H3,(H,28,29). The van der Waals surface area contributed by atoms with E-state index >= 15 is 0 Å². The first-order valence-electron chi connectivity index (χ1n) is 9.28. The number of alkyl halides is 3. The second-order valence-electron chi connectivity index (χ2n) is 6.86. The Morgan fingerprint density at radius 2 is 1.75 bits per heavy atom. The fraction of sp³-hybridized carbons (Fsp3) is 0.136. The van der Waals surface area contributed by atoms with Crippen LogP contribution in [-0.2, 0) is 22.6 Å². The summed E-state index contributed by atoms with van der Waals surface area (Å²) in [7, 11) is -4.49. The Morgan fingerprint density at radius 3 is 2.34 bits per heavy atom. The Kier molecular flexibility index (Phi) is 6.27. The molecule has 3 aromatic rings. The zero-order valence-corrected chi connectivity index (χ0v) is 17.4. The van der Waals surface area contributed by atoms with Crippen LogP contribution in [0.3, 0.4) is 0 Å². The number of halogens is 4. The van der Waals surface area contributed by atoms with E-state index in [1.807, 2.05) is 0 Å². The third-order valence-corrected chi connectivity index (χ3v) is 6.16. The number of anilines is 1. The summed E-state index contributed by atoms with van der Waals surface area (Å²) in [5.74, 6) is -2.01. The van der Waals surface area contributed by atoms with Crippen molar-refractivity contribution in [2.75, 3.05) is 4.72 Å². The molecule has 0 spiro atoms. The maximum atomic E-state index is 13.7. The lowest BCUT2D eigenvalue weighted by Gasteiger charge is -2.17. The van der Waals surface area contributed by atoms with Gasteiger partial charge >= 0.3 is 12.1 Å². The Balaban J connectivity index is 2.18. The molecule has 0 heterocycles. The van der Waals surface area contributed by atoms with Crippen LogP contribution in [0.2, 0.25) is 0 Å². The van der Waals surface area contributed by atoms with E-state index in [1.165, 1.54) is 24.3 Å². The van der Waals surface area contributed by atoms with Gasteiger partial charge in [0.05, 0.1) is 21.7 Å². The van der Waals surface area contributed by atoms with Gasteiger partial charge in [0.2, 0.25) is 0 Å². The van der Waals surface area contributed by atoms with Crippen LogP contribution in [0.4, 0.5) is 23.2 Å². The highest BCUT2D eigenvalue weighted by Gasteiger charge is 2.32. The van der Waals surface area contributed by atoms with E-state index in [0.29, 0.717) is 6.07 Å². The molecule has 0 aliphatic rings. The smallest absolute Gasteiger partial charge is 0.416 e. The highest BCUT2D eigenvalue weighted by Crippen LogP contribution is 2.37. The van der Waals surface area contributed by atoms with Gasteiger partial charge in [-0.1, -0.05) is 31.2 Å². The van der Waals surface area contributed by atoms with Crippen LogP contribution >= 0.6 is 0 Å². The van der Waals surface area contributed by atoms with Crippen molar-refractivity contribution in [2.24, 2.45) is 0 Å². The minimum atomic E-state index is -4.75. The van der Waals surface area contributed by atoms with E-state index in [4.69, 9.17) is 0 Å². The van der Waals surface area contributed by atoms with Gasteiger partial charge in [-0.2, -0.15) is 13.2 Å². The van der Waals surface area contributed by atoms with Crippen LogP contribution < -0.4 is 4.72 Å². The molecule has 0 bridgehead atoms. The van der Waals surface area contributed by atoms with Gasteiger partial charge < -0.3 is 5.11 Å². The van der Waals surface area contributed by atoms with Gasteiger partial charge in [-0.25, -0.2) is 17.6 Å². The van der Waals surface area contributed by atoms with Gasteiger partial charge in [-0.15, -0.1) is 0 Å². The Labute approximate surface area is 181 Å². The van der Waals surface area contributed by atoms with Gasteiger partial charge in [0.15, 0.2) is 0 Å². The van der Waals surface area contributed by atoms with Crippen molar-refractivity contribution in [2.45, 2.75) is 24.4 Å². The van der Waals surface area contributed by atoms with E-state index in [0.717, 1.165) is 30.3 Å². The van der Waals surface area contributed by atoms with Gasteiger partial charge in [0, 0.05) is 5.56 Å². The lowest BCUT2D eigenvalue weighted by molar-refractivity contribution is -0.137. The molecular weight excluding hydrogens is 450 g/mol. The minimum Gasteiger partial charge on any atom is -0.478 e. The maximum absolute atomic E-state index is 13.7.